The van der Waals surface area contributed by atoms with Crippen LogP contribution in [0.2, 0.25) is 0 Å². The summed E-state index contributed by atoms with van der Waals surface area (Å²) in [5.41, 5.74) is 12.1. The average molecular weight is 517 g/mol. The Labute approximate surface area is 222 Å². The number of aromatic nitrogens is 2. The smallest absolute Gasteiger partial charge is 0.251 e. The Hall–Kier alpha value is -3.56. The molecule has 38 heavy (non-hydrogen) atoms. The van der Waals surface area contributed by atoms with Crippen LogP contribution in [-0.4, -0.2) is 66.7 Å². The van der Waals surface area contributed by atoms with Gasteiger partial charge in [-0.1, -0.05) is 18.6 Å². The molecular weight excluding hydrogens is 483 g/mol. The Morgan fingerprint density at radius 2 is 1.71 bits per heavy atom. The van der Waals surface area contributed by atoms with Crippen LogP contribution in [-0.2, 0) is 17.7 Å². The quantitative estimate of drug-likeness (QED) is 0.535. The molecular formula is C29H33FN6O2. The number of nitrogens with one attached hydrogen (secondary N) is 1. The van der Waals surface area contributed by atoms with Crippen molar-refractivity contribution in [1.29, 1.82) is 0 Å². The first kappa shape index (κ1) is 24.8. The van der Waals surface area contributed by atoms with E-state index in [0.717, 1.165) is 55.8 Å². The van der Waals surface area contributed by atoms with E-state index >= 15 is 4.39 Å². The second kappa shape index (κ2) is 10.7. The number of hydrogen-bond acceptors (Lipinski definition) is 7. The van der Waals surface area contributed by atoms with Gasteiger partial charge in [-0.3, -0.25) is 9.69 Å². The van der Waals surface area contributed by atoms with Crippen molar-refractivity contribution in [2.45, 2.75) is 32.2 Å². The number of morpholine rings is 1. The van der Waals surface area contributed by atoms with Gasteiger partial charge >= 0.3 is 0 Å². The largest absolute Gasteiger partial charge is 0.382 e. The number of anilines is 2. The van der Waals surface area contributed by atoms with E-state index in [0.29, 0.717) is 36.6 Å². The van der Waals surface area contributed by atoms with Gasteiger partial charge in [-0.05, 0) is 67.7 Å². The van der Waals surface area contributed by atoms with Gasteiger partial charge in [-0.15, -0.1) is 0 Å². The van der Waals surface area contributed by atoms with E-state index in [1.54, 1.807) is 12.1 Å². The van der Waals surface area contributed by atoms with Crippen molar-refractivity contribution in [3.63, 3.8) is 0 Å². The number of carbonyl (C=O) groups is 1. The molecule has 1 amide bonds. The van der Waals surface area contributed by atoms with Gasteiger partial charge in [-0.2, -0.15) is 9.37 Å². The number of nitrogens with zero attached hydrogens (tertiary/aromatic N) is 4. The fourth-order valence-corrected chi connectivity index (χ4v) is 5.73. The number of halogens is 1. The van der Waals surface area contributed by atoms with Gasteiger partial charge in [0.15, 0.2) is 5.82 Å². The fraction of sp³-hybridized carbons (Fsp3) is 0.414. The number of rotatable bonds is 5. The molecule has 3 aromatic rings. The van der Waals surface area contributed by atoms with Crippen molar-refractivity contribution in [2.24, 2.45) is 0 Å². The van der Waals surface area contributed by atoms with Gasteiger partial charge in [0.05, 0.1) is 13.2 Å². The molecule has 6 rings (SSSR count). The second-order valence-electron chi connectivity index (χ2n) is 10.3. The number of likely N-dealkylation sites (tertiary alicyclic amines) is 1. The first-order chi connectivity index (χ1) is 18.6. The Morgan fingerprint density at radius 1 is 0.947 bits per heavy atom. The number of hydrogen-bond donors (Lipinski definition) is 2. The van der Waals surface area contributed by atoms with Crippen LogP contribution in [0.4, 0.5) is 15.9 Å². The predicted octanol–water partition coefficient (Wildman–Crippen LogP) is 3.64. The van der Waals surface area contributed by atoms with Crippen LogP contribution in [0.3, 0.4) is 0 Å². The summed E-state index contributed by atoms with van der Waals surface area (Å²) in [5, 5.41) is 2.85. The molecule has 2 aromatic carbocycles. The number of amides is 1. The minimum Gasteiger partial charge on any atom is -0.382 e. The predicted molar refractivity (Wildman–Crippen MR) is 145 cm³/mol. The lowest BCUT2D eigenvalue weighted by molar-refractivity contribution is 0.0946. The molecule has 198 valence electrons. The maximum atomic E-state index is 15.3. The van der Waals surface area contributed by atoms with Crippen molar-refractivity contribution < 1.29 is 13.9 Å². The molecule has 1 aromatic heterocycles. The third kappa shape index (κ3) is 4.96. The standard InChI is InChI=1S/C29H33FN6O2/c30-27-25(33-26(28(31)34-27)21-4-6-23-19(16-21)8-9-32-29(23)37)20-5-7-24(36-12-14-38-15-13-36)22(17-20)18-35-10-2-1-3-11-35/h4-7,16-17H,1-3,8-15,18H2,(H2,31,34)(H,32,37). The Bertz CT molecular complexity index is 1350. The van der Waals surface area contributed by atoms with E-state index < -0.39 is 5.95 Å². The van der Waals surface area contributed by atoms with Gasteiger partial charge in [0.25, 0.3) is 5.91 Å². The molecule has 0 aliphatic carbocycles. The lowest BCUT2D eigenvalue weighted by atomic mass is 9.96. The minimum absolute atomic E-state index is 0.0324. The summed E-state index contributed by atoms with van der Waals surface area (Å²) in [6, 6.07) is 11.6. The van der Waals surface area contributed by atoms with Crippen molar-refractivity contribution in [2.75, 3.05) is 56.6 Å². The summed E-state index contributed by atoms with van der Waals surface area (Å²) < 4.78 is 20.8. The van der Waals surface area contributed by atoms with Gasteiger partial charge in [0, 0.05) is 48.6 Å². The molecule has 0 atom stereocenters. The topological polar surface area (TPSA) is 96.6 Å². The summed E-state index contributed by atoms with van der Waals surface area (Å²) in [4.78, 5) is 25.7. The first-order valence-corrected chi connectivity index (χ1v) is 13.5. The Balaban J connectivity index is 1.39. The molecule has 3 aliphatic heterocycles. The van der Waals surface area contributed by atoms with E-state index in [2.05, 4.69) is 32.2 Å². The molecule has 3 aliphatic rings. The summed E-state index contributed by atoms with van der Waals surface area (Å²) in [6.45, 7) is 6.62. The minimum atomic E-state index is -0.688. The highest BCUT2D eigenvalue weighted by Gasteiger charge is 2.22. The molecule has 0 radical (unpaired) electrons. The van der Waals surface area contributed by atoms with Gasteiger partial charge < -0.3 is 20.7 Å². The van der Waals surface area contributed by atoms with Crippen LogP contribution in [0.25, 0.3) is 22.5 Å². The SMILES string of the molecule is Nc1nc(F)c(-c2ccc(N3CCOCC3)c(CN3CCCCC3)c2)nc1-c1ccc2c(c1)CCNC2=O. The molecule has 0 unspecified atom stereocenters. The third-order valence-electron chi connectivity index (χ3n) is 7.73. The van der Waals surface area contributed by atoms with Gasteiger partial charge in [0.2, 0.25) is 5.95 Å². The zero-order valence-corrected chi connectivity index (χ0v) is 21.5. The first-order valence-electron chi connectivity index (χ1n) is 13.5. The van der Waals surface area contributed by atoms with Crippen molar-refractivity contribution in [3.05, 3.63) is 59.0 Å². The van der Waals surface area contributed by atoms with Crippen LogP contribution < -0.4 is 16.0 Å². The third-order valence-corrected chi connectivity index (χ3v) is 7.73. The summed E-state index contributed by atoms with van der Waals surface area (Å²) >= 11 is 0. The maximum Gasteiger partial charge on any atom is 0.251 e. The monoisotopic (exact) mass is 516 g/mol. The molecule has 2 saturated heterocycles. The Kier molecular flexibility index (Phi) is 6.95. The molecule has 0 bridgehead atoms. The lowest BCUT2D eigenvalue weighted by Crippen LogP contribution is -2.37. The number of nitrogens with two attached hydrogens (primary N) is 1. The molecule has 2 fully saturated rings. The second-order valence-corrected chi connectivity index (χ2v) is 10.3. The van der Waals surface area contributed by atoms with Crippen LogP contribution in [0.15, 0.2) is 36.4 Å². The molecule has 3 N–H and O–H groups in total. The van der Waals surface area contributed by atoms with Crippen LogP contribution in [0.5, 0.6) is 0 Å². The summed E-state index contributed by atoms with van der Waals surface area (Å²) in [5.74, 6) is -0.741. The normalized spacial score (nSPS) is 18.2. The molecule has 0 saturated carbocycles. The van der Waals surface area contributed by atoms with Crippen LogP contribution >= 0.6 is 0 Å². The molecule has 8 nitrogen and oxygen atoms in total. The number of piperidine rings is 1. The van der Waals surface area contributed by atoms with E-state index in [1.807, 2.05) is 12.1 Å². The van der Waals surface area contributed by atoms with Crippen molar-refractivity contribution in [1.82, 2.24) is 20.2 Å². The van der Waals surface area contributed by atoms with Gasteiger partial charge in [0.1, 0.15) is 11.4 Å². The van der Waals surface area contributed by atoms with E-state index in [-0.39, 0.29) is 17.4 Å². The zero-order valence-electron chi connectivity index (χ0n) is 21.5. The highest BCUT2D eigenvalue weighted by molar-refractivity contribution is 5.97. The van der Waals surface area contributed by atoms with E-state index in [9.17, 15) is 4.79 Å². The van der Waals surface area contributed by atoms with Gasteiger partial charge in [-0.25, -0.2) is 4.98 Å². The Morgan fingerprint density at radius 3 is 2.53 bits per heavy atom. The van der Waals surface area contributed by atoms with E-state index in [1.165, 1.54) is 24.9 Å². The van der Waals surface area contributed by atoms with Crippen LogP contribution in [0.1, 0.15) is 40.7 Å². The number of ether oxygens (including phenoxy) is 1. The molecule has 9 heteroatoms. The fourth-order valence-electron chi connectivity index (χ4n) is 5.73. The number of fused-ring (bicyclic) bond motifs is 1. The summed E-state index contributed by atoms with van der Waals surface area (Å²) in [7, 11) is 0. The number of nitrogen functional groups attached to an aromatic ring is 1. The number of carbonyl (C=O) groups excluding carboxylic acids is 1. The maximum absolute atomic E-state index is 15.3. The van der Waals surface area contributed by atoms with Crippen LogP contribution in [0, 0.1) is 5.95 Å². The van der Waals surface area contributed by atoms with Crippen molar-refractivity contribution in [3.8, 4) is 22.5 Å². The van der Waals surface area contributed by atoms with E-state index in [4.69, 9.17) is 15.5 Å². The highest BCUT2D eigenvalue weighted by atomic mass is 19.1. The number of benzene rings is 2. The van der Waals surface area contributed by atoms with Crippen molar-refractivity contribution >= 4 is 17.4 Å². The molecule has 0 spiro atoms. The molecule has 4 heterocycles. The highest BCUT2D eigenvalue weighted by Crippen LogP contribution is 2.33. The summed E-state index contributed by atoms with van der Waals surface area (Å²) in [6.07, 6.45) is 4.40. The zero-order chi connectivity index (χ0) is 26.1. The lowest BCUT2D eigenvalue weighted by Gasteiger charge is -2.33. The average Bonchev–Trinajstić information content (AvgIpc) is 2.94.